The minimum absolute atomic E-state index is 0.0723. The Kier molecular flexibility index (Phi) is 6.86. The lowest BCUT2D eigenvalue weighted by atomic mass is 9.86. The maximum absolute atomic E-state index is 12.8. The number of alkyl halides is 3. The number of nitrogens with one attached hydrogen (secondary N) is 1. The van der Waals surface area contributed by atoms with Crippen LogP contribution >= 0.6 is 0 Å². The van der Waals surface area contributed by atoms with Gasteiger partial charge in [-0.25, -0.2) is 14.8 Å². The van der Waals surface area contributed by atoms with Crippen LogP contribution in [0.15, 0.2) is 55.0 Å². The highest BCUT2D eigenvalue weighted by Gasteiger charge is 2.33. The number of imidazole rings is 1. The molecule has 0 saturated carbocycles. The van der Waals surface area contributed by atoms with E-state index in [1.807, 2.05) is 12.1 Å². The number of halogens is 3. The molecule has 1 aromatic carbocycles. The summed E-state index contributed by atoms with van der Waals surface area (Å²) in [6, 6.07) is 12.5. The molecule has 0 aliphatic carbocycles. The molecule has 0 amide bonds. The molecular formula is C23H25F3N4O2. The number of hydrogen-bond donors (Lipinski definition) is 1. The van der Waals surface area contributed by atoms with Crippen molar-refractivity contribution < 1.29 is 22.7 Å². The number of ether oxygens (including phenoxy) is 1. The molecule has 0 unspecified atom stereocenters. The molecule has 0 fully saturated rings. The van der Waals surface area contributed by atoms with Gasteiger partial charge in [0.15, 0.2) is 5.69 Å². The van der Waals surface area contributed by atoms with Crippen LogP contribution in [0.3, 0.4) is 0 Å². The van der Waals surface area contributed by atoms with E-state index in [9.17, 15) is 18.0 Å². The average Bonchev–Trinajstić information content (AvgIpc) is 3.28. The van der Waals surface area contributed by atoms with Gasteiger partial charge in [0, 0.05) is 12.7 Å². The van der Waals surface area contributed by atoms with Crippen molar-refractivity contribution in [2.45, 2.75) is 32.9 Å². The molecule has 0 aliphatic rings. The number of pyridine rings is 1. The lowest BCUT2D eigenvalue weighted by Gasteiger charge is -2.25. The molecule has 9 heteroatoms. The van der Waals surface area contributed by atoms with Crippen LogP contribution in [0.25, 0.3) is 5.82 Å². The lowest BCUT2D eigenvalue weighted by Crippen LogP contribution is -2.24. The zero-order valence-corrected chi connectivity index (χ0v) is 18.1. The highest BCUT2D eigenvalue weighted by Crippen LogP contribution is 2.28. The molecule has 0 aliphatic heterocycles. The number of anilines is 1. The Morgan fingerprint density at radius 3 is 2.47 bits per heavy atom. The SMILES string of the molecule is COC(=O)c1ccc(CCC(C)(C)CNc2cccc(-n3cnc(C(F)(F)F)c3)n2)cc1. The van der Waals surface area contributed by atoms with Crippen molar-refractivity contribution in [3.63, 3.8) is 0 Å². The third-order valence-electron chi connectivity index (χ3n) is 5.09. The number of hydrogen-bond acceptors (Lipinski definition) is 5. The molecule has 0 saturated heterocycles. The third-order valence-corrected chi connectivity index (χ3v) is 5.09. The molecule has 170 valence electrons. The van der Waals surface area contributed by atoms with Crippen LogP contribution in [0.5, 0.6) is 0 Å². The lowest BCUT2D eigenvalue weighted by molar-refractivity contribution is -0.140. The molecule has 0 radical (unpaired) electrons. The Hall–Kier alpha value is -3.36. The summed E-state index contributed by atoms with van der Waals surface area (Å²) in [4.78, 5) is 19.3. The zero-order chi connectivity index (χ0) is 23.4. The van der Waals surface area contributed by atoms with Gasteiger partial charge in [-0.3, -0.25) is 4.57 Å². The van der Waals surface area contributed by atoms with E-state index in [0.717, 1.165) is 30.9 Å². The van der Waals surface area contributed by atoms with Crippen molar-refractivity contribution in [3.8, 4) is 5.82 Å². The van der Waals surface area contributed by atoms with Crippen molar-refractivity contribution in [1.82, 2.24) is 14.5 Å². The van der Waals surface area contributed by atoms with Crippen molar-refractivity contribution >= 4 is 11.8 Å². The van der Waals surface area contributed by atoms with E-state index in [4.69, 9.17) is 4.74 Å². The van der Waals surface area contributed by atoms with Gasteiger partial charge >= 0.3 is 12.1 Å². The first-order valence-corrected chi connectivity index (χ1v) is 10.1. The first-order chi connectivity index (χ1) is 15.1. The van der Waals surface area contributed by atoms with Crippen LogP contribution in [-0.4, -0.2) is 34.2 Å². The second kappa shape index (κ2) is 9.42. The monoisotopic (exact) mass is 446 g/mol. The van der Waals surface area contributed by atoms with Crippen molar-refractivity contribution in [1.29, 1.82) is 0 Å². The van der Waals surface area contributed by atoms with Gasteiger partial charge in [-0.1, -0.05) is 32.0 Å². The van der Waals surface area contributed by atoms with Crippen LogP contribution < -0.4 is 5.32 Å². The molecule has 2 aromatic heterocycles. The third kappa shape index (κ3) is 6.09. The van der Waals surface area contributed by atoms with Crippen LogP contribution in [0.1, 0.15) is 41.9 Å². The molecule has 6 nitrogen and oxygen atoms in total. The van der Waals surface area contributed by atoms with Crippen molar-refractivity contribution in [2.24, 2.45) is 5.41 Å². The summed E-state index contributed by atoms with van der Waals surface area (Å²) in [6.45, 7) is 4.87. The van der Waals surface area contributed by atoms with Crippen LogP contribution in [0.4, 0.5) is 19.0 Å². The maximum Gasteiger partial charge on any atom is 0.434 e. The van der Waals surface area contributed by atoms with Gasteiger partial charge in [-0.15, -0.1) is 0 Å². The molecule has 0 bridgehead atoms. The number of aryl methyl sites for hydroxylation is 1. The predicted molar refractivity (Wildman–Crippen MR) is 115 cm³/mol. The van der Waals surface area contributed by atoms with Gasteiger partial charge < -0.3 is 10.1 Å². The fraction of sp³-hybridized carbons (Fsp3) is 0.348. The normalized spacial score (nSPS) is 11.9. The molecule has 1 N–H and O–H groups in total. The Morgan fingerprint density at radius 1 is 1.12 bits per heavy atom. The number of rotatable bonds is 8. The summed E-state index contributed by atoms with van der Waals surface area (Å²) in [5.74, 6) is 0.558. The minimum atomic E-state index is -4.50. The Labute approximate surface area is 184 Å². The van der Waals surface area contributed by atoms with E-state index < -0.39 is 11.9 Å². The maximum atomic E-state index is 12.8. The smallest absolute Gasteiger partial charge is 0.434 e. The fourth-order valence-corrected chi connectivity index (χ4v) is 3.09. The summed E-state index contributed by atoms with van der Waals surface area (Å²) in [5.41, 5.74) is 0.602. The summed E-state index contributed by atoms with van der Waals surface area (Å²) in [6.07, 6.45) is -0.761. The highest BCUT2D eigenvalue weighted by molar-refractivity contribution is 5.89. The van der Waals surface area contributed by atoms with E-state index in [2.05, 4.69) is 29.1 Å². The number of carbonyl (C=O) groups excluding carboxylic acids is 1. The summed E-state index contributed by atoms with van der Waals surface area (Å²) >= 11 is 0. The topological polar surface area (TPSA) is 69.0 Å². The highest BCUT2D eigenvalue weighted by atomic mass is 19.4. The number of benzene rings is 1. The van der Waals surface area contributed by atoms with Gasteiger partial charge in [0.2, 0.25) is 0 Å². The fourth-order valence-electron chi connectivity index (χ4n) is 3.09. The van der Waals surface area contributed by atoms with Crippen molar-refractivity contribution in [3.05, 3.63) is 71.8 Å². The van der Waals surface area contributed by atoms with E-state index >= 15 is 0 Å². The second-order valence-corrected chi connectivity index (χ2v) is 8.25. The quantitative estimate of drug-likeness (QED) is 0.485. The number of esters is 1. The Morgan fingerprint density at radius 2 is 1.84 bits per heavy atom. The average molecular weight is 446 g/mol. The van der Waals surface area contributed by atoms with E-state index in [-0.39, 0.29) is 11.4 Å². The molecular weight excluding hydrogens is 421 g/mol. The Bertz CT molecular complexity index is 1060. The van der Waals surface area contributed by atoms with E-state index in [0.29, 0.717) is 23.7 Å². The molecule has 2 heterocycles. The van der Waals surface area contributed by atoms with Crippen LogP contribution in [0, 0.1) is 5.41 Å². The first kappa shape index (κ1) is 23.3. The van der Waals surface area contributed by atoms with E-state index in [1.165, 1.54) is 11.7 Å². The molecule has 32 heavy (non-hydrogen) atoms. The summed E-state index contributed by atoms with van der Waals surface area (Å²) in [5, 5.41) is 3.27. The van der Waals surface area contributed by atoms with Crippen LogP contribution in [-0.2, 0) is 17.3 Å². The van der Waals surface area contributed by atoms with Gasteiger partial charge in [-0.2, -0.15) is 13.2 Å². The number of methoxy groups -OCH3 is 1. The Balaban J connectivity index is 1.58. The minimum Gasteiger partial charge on any atom is -0.465 e. The molecule has 3 aromatic rings. The predicted octanol–water partition coefficient (Wildman–Crippen LogP) is 5.14. The zero-order valence-electron chi connectivity index (χ0n) is 18.1. The summed E-state index contributed by atoms with van der Waals surface area (Å²) in [7, 11) is 1.35. The van der Waals surface area contributed by atoms with Crippen molar-refractivity contribution in [2.75, 3.05) is 19.0 Å². The largest absolute Gasteiger partial charge is 0.465 e. The van der Waals surface area contributed by atoms with Gasteiger partial charge in [0.05, 0.1) is 12.7 Å². The number of carbonyl (C=O) groups is 1. The van der Waals surface area contributed by atoms with Gasteiger partial charge in [-0.05, 0) is 48.1 Å². The molecule has 0 spiro atoms. The standard InChI is InChI=1S/C23H25F3N4O2/c1-22(2,12-11-16-7-9-17(10-8-16)21(31)32-3)14-27-19-5-4-6-20(29-19)30-13-18(28-15-30)23(24,25)26/h4-10,13,15H,11-12,14H2,1-3H3,(H,27,29). The molecule has 3 rings (SSSR count). The second-order valence-electron chi connectivity index (χ2n) is 8.25. The first-order valence-electron chi connectivity index (χ1n) is 10.1. The summed E-state index contributed by atoms with van der Waals surface area (Å²) < 4.78 is 44.3. The van der Waals surface area contributed by atoms with Crippen LogP contribution in [0.2, 0.25) is 0 Å². The number of nitrogens with zero attached hydrogens (tertiary/aromatic N) is 3. The molecule has 0 atom stereocenters. The van der Waals surface area contributed by atoms with Gasteiger partial charge in [0.1, 0.15) is 18.0 Å². The van der Waals surface area contributed by atoms with Gasteiger partial charge in [0.25, 0.3) is 0 Å². The number of aromatic nitrogens is 3. The van der Waals surface area contributed by atoms with E-state index in [1.54, 1.807) is 30.3 Å².